The van der Waals surface area contributed by atoms with Crippen molar-refractivity contribution in [3.05, 3.63) is 59.7 Å². The number of nitrogens with one attached hydrogen (secondary N) is 1. The Morgan fingerprint density at radius 3 is 2.93 bits per heavy atom. The van der Waals surface area contributed by atoms with Crippen LogP contribution in [-0.4, -0.2) is 45.2 Å². The highest BCUT2D eigenvalue weighted by atomic mass is 19.1. The predicted octanol–water partition coefficient (Wildman–Crippen LogP) is 2.71. The van der Waals surface area contributed by atoms with Crippen molar-refractivity contribution in [1.29, 1.82) is 0 Å². The minimum atomic E-state index is -0.479. The highest BCUT2D eigenvalue weighted by molar-refractivity contribution is 6.08. The molecule has 0 aromatic carbocycles. The third-order valence-corrected chi connectivity index (χ3v) is 5.46. The predicted molar refractivity (Wildman–Crippen MR) is 108 cm³/mol. The first-order valence-corrected chi connectivity index (χ1v) is 9.83. The Morgan fingerprint density at radius 2 is 2.17 bits per heavy atom. The van der Waals surface area contributed by atoms with E-state index in [0.717, 1.165) is 31.2 Å². The summed E-state index contributed by atoms with van der Waals surface area (Å²) in [5.74, 6) is -0.315. The molecular weight excluding hydrogens is 387 g/mol. The monoisotopic (exact) mass is 406 g/mol. The molecule has 2 aliphatic heterocycles. The fraction of sp³-hybridized carbons (Fsp3) is 0.286. The van der Waals surface area contributed by atoms with Crippen molar-refractivity contribution in [3.8, 4) is 0 Å². The average molecular weight is 406 g/mol. The lowest BCUT2D eigenvalue weighted by Crippen LogP contribution is -2.53. The minimum absolute atomic E-state index is 0.0423. The van der Waals surface area contributed by atoms with Gasteiger partial charge in [0.05, 0.1) is 17.5 Å². The summed E-state index contributed by atoms with van der Waals surface area (Å²) in [7, 11) is 0. The molecule has 3 aliphatic rings. The number of fused-ring (bicyclic) bond motifs is 2. The summed E-state index contributed by atoms with van der Waals surface area (Å²) in [5, 5.41) is 8.73. The third-order valence-electron chi connectivity index (χ3n) is 5.46. The Kier molecular flexibility index (Phi) is 4.50. The summed E-state index contributed by atoms with van der Waals surface area (Å²) < 4.78 is 13.1. The molecule has 0 saturated carbocycles. The standard InChI is InChI=1S/C21H19FN6O2/c22-14-7-8-17(24-11-14)25-18(29)12-27-19-10-16(13-4-1-2-5-13)26-28(19)21(30)15-6-3-9-23-20(15)27/h3-4,6-9,11,19H,1-2,5,10,12H2,(H,24,25,29). The summed E-state index contributed by atoms with van der Waals surface area (Å²) in [5.41, 5.74) is 2.48. The summed E-state index contributed by atoms with van der Waals surface area (Å²) in [6.45, 7) is -0.0423. The number of pyridine rings is 2. The fourth-order valence-electron chi connectivity index (χ4n) is 4.07. The number of aromatic nitrogens is 2. The van der Waals surface area contributed by atoms with Crippen LogP contribution in [-0.2, 0) is 4.79 Å². The Hall–Kier alpha value is -3.62. The van der Waals surface area contributed by atoms with Crippen LogP contribution in [0.3, 0.4) is 0 Å². The van der Waals surface area contributed by atoms with E-state index in [0.29, 0.717) is 17.8 Å². The molecule has 2 amide bonds. The largest absolute Gasteiger partial charge is 0.324 e. The van der Waals surface area contributed by atoms with Gasteiger partial charge >= 0.3 is 0 Å². The maximum atomic E-state index is 13.1. The number of amides is 2. The zero-order chi connectivity index (χ0) is 20.7. The van der Waals surface area contributed by atoms with Crippen LogP contribution in [0, 0.1) is 5.82 Å². The van der Waals surface area contributed by atoms with Crippen molar-refractivity contribution in [1.82, 2.24) is 15.0 Å². The van der Waals surface area contributed by atoms with E-state index < -0.39 is 12.0 Å². The number of hydrazone groups is 1. The molecule has 0 saturated heterocycles. The van der Waals surface area contributed by atoms with E-state index >= 15 is 0 Å². The highest BCUT2D eigenvalue weighted by Gasteiger charge is 2.44. The number of allylic oxidation sites excluding steroid dienone is 2. The van der Waals surface area contributed by atoms with Crippen molar-refractivity contribution in [2.75, 3.05) is 16.8 Å². The van der Waals surface area contributed by atoms with E-state index in [1.165, 1.54) is 22.7 Å². The topological polar surface area (TPSA) is 90.8 Å². The molecular formula is C21H19FN6O2. The van der Waals surface area contributed by atoms with Crippen LogP contribution >= 0.6 is 0 Å². The van der Waals surface area contributed by atoms with Gasteiger partial charge in [-0.05, 0) is 49.1 Å². The first-order valence-electron chi connectivity index (χ1n) is 9.83. The van der Waals surface area contributed by atoms with E-state index in [1.54, 1.807) is 23.2 Å². The van der Waals surface area contributed by atoms with Crippen molar-refractivity contribution in [2.45, 2.75) is 31.8 Å². The van der Waals surface area contributed by atoms with E-state index in [9.17, 15) is 14.0 Å². The molecule has 9 heteroatoms. The Balaban J connectivity index is 1.42. The van der Waals surface area contributed by atoms with Crippen LogP contribution < -0.4 is 10.2 Å². The molecule has 30 heavy (non-hydrogen) atoms. The number of anilines is 2. The van der Waals surface area contributed by atoms with Crippen LogP contribution in [0.25, 0.3) is 0 Å². The second-order valence-corrected chi connectivity index (χ2v) is 7.42. The van der Waals surface area contributed by atoms with Gasteiger partial charge in [-0.25, -0.2) is 19.4 Å². The van der Waals surface area contributed by atoms with Gasteiger partial charge in [0.15, 0.2) is 0 Å². The van der Waals surface area contributed by atoms with Gasteiger partial charge in [-0.1, -0.05) is 6.08 Å². The normalized spacial score (nSPS) is 19.9. The number of carbonyl (C=O) groups excluding carboxylic acids is 2. The molecule has 4 heterocycles. The summed E-state index contributed by atoms with van der Waals surface area (Å²) in [6.07, 6.45) is 8.00. The summed E-state index contributed by atoms with van der Waals surface area (Å²) in [6, 6.07) is 6.01. The van der Waals surface area contributed by atoms with Gasteiger partial charge in [-0.2, -0.15) is 5.10 Å². The SMILES string of the molecule is O=C(CN1c2ncccc2C(=O)N2N=C(C3=CCCC3)CC21)Nc1ccc(F)cn1. The number of halogens is 1. The van der Waals surface area contributed by atoms with Gasteiger partial charge in [-0.15, -0.1) is 0 Å². The number of rotatable bonds is 4. The number of carbonyl (C=O) groups is 2. The number of hydrogen-bond donors (Lipinski definition) is 1. The second kappa shape index (κ2) is 7.33. The summed E-state index contributed by atoms with van der Waals surface area (Å²) >= 11 is 0. The highest BCUT2D eigenvalue weighted by Crippen LogP contribution is 2.36. The molecule has 8 nitrogen and oxygen atoms in total. The molecule has 1 N–H and O–H groups in total. The lowest BCUT2D eigenvalue weighted by atomic mass is 10.0. The van der Waals surface area contributed by atoms with Gasteiger partial charge in [0.1, 0.15) is 30.2 Å². The van der Waals surface area contributed by atoms with Crippen LogP contribution in [0.1, 0.15) is 36.0 Å². The zero-order valence-electron chi connectivity index (χ0n) is 16.1. The van der Waals surface area contributed by atoms with Crippen molar-refractivity contribution in [3.63, 3.8) is 0 Å². The van der Waals surface area contributed by atoms with Gasteiger partial charge < -0.3 is 10.2 Å². The molecule has 1 aliphatic carbocycles. The lowest BCUT2D eigenvalue weighted by Gasteiger charge is -2.38. The molecule has 2 aromatic rings. The molecule has 0 fully saturated rings. The van der Waals surface area contributed by atoms with Crippen LogP contribution in [0.4, 0.5) is 16.0 Å². The molecule has 0 radical (unpaired) electrons. The van der Waals surface area contributed by atoms with Crippen molar-refractivity contribution >= 4 is 29.2 Å². The molecule has 2 aromatic heterocycles. The maximum absolute atomic E-state index is 13.1. The first-order chi connectivity index (χ1) is 14.6. The van der Waals surface area contributed by atoms with E-state index in [2.05, 4.69) is 26.5 Å². The van der Waals surface area contributed by atoms with Gasteiger partial charge in [0.2, 0.25) is 5.91 Å². The Bertz CT molecular complexity index is 1080. The van der Waals surface area contributed by atoms with Crippen molar-refractivity contribution in [2.24, 2.45) is 5.10 Å². The first kappa shape index (κ1) is 18.4. The van der Waals surface area contributed by atoms with Crippen LogP contribution in [0.15, 0.2) is 53.4 Å². The molecule has 5 rings (SSSR count). The molecule has 1 atom stereocenters. The molecule has 152 valence electrons. The second-order valence-electron chi connectivity index (χ2n) is 7.42. The number of nitrogens with zero attached hydrogens (tertiary/aromatic N) is 5. The minimum Gasteiger partial charge on any atom is -0.324 e. The maximum Gasteiger partial charge on any atom is 0.279 e. The van der Waals surface area contributed by atoms with E-state index in [4.69, 9.17) is 0 Å². The Morgan fingerprint density at radius 1 is 1.27 bits per heavy atom. The molecule has 0 bridgehead atoms. The van der Waals surface area contributed by atoms with Gasteiger partial charge in [-0.3, -0.25) is 9.59 Å². The third kappa shape index (κ3) is 3.22. The number of hydrogen-bond acceptors (Lipinski definition) is 6. The van der Waals surface area contributed by atoms with E-state index in [-0.39, 0.29) is 24.2 Å². The molecule has 0 spiro atoms. The summed E-state index contributed by atoms with van der Waals surface area (Å²) in [4.78, 5) is 35.7. The zero-order valence-corrected chi connectivity index (χ0v) is 16.1. The van der Waals surface area contributed by atoms with Crippen LogP contribution in [0.2, 0.25) is 0 Å². The van der Waals surface area contributed by atoms with Gasteiger partial charge in [0, 0.05) is 12.6 Å². The fourth-order valence-corrected chi connectivity index (χ4v) is 4.07. The quantitative estimate of drug-likeness (QED) is 0.843. The van der Waals surface area contributed by atoms with Crippen LogP contribution in [0.5, 0.6) is 0 Å². The van der Waals surface area contributed by atoms with E-state index in [1.807, 2.05) is 0 Å². The Labute approximate surface area is 172 Å². The van der Waals surface area contributed by atoms with Crippen molar-refractivity contribution < 1.29 is 14.0 Å². The molecule has 1 unspecified atom stereocenters. The average Bonchev–Trinajstić information content (AvgIpc) is 3.43. The smallest absolute Gasteiger partial charge is 0.279 e. The van der Waals surface area contributed by atoms with Gasteiger partial charge in [0.25, 0.3) is 5.91 Å². The lowest BCUT2D eigenvalue weighted by molar-refractivity contribution is -0.115.